The van der Waals surface area contributed by atoms with Gasteiger partial charge in [0.2, 0.25) is 0 Å². The summed E-state index contributed by atoms with van der Waals surface area (Å²) in [6.45, 7) is 5.55. The van der Waals surface area contributed by atoms with Crippen molar-refractivity contribution in [2.24, 2.45) is 0 Å². The molecule has 2 aromatic rings. The number of halogens is 3. The first kappa shape index (κ1) is 20.6. The van der Waals surface area contributed by atoms with Crippen molar-refractivity contribution in [3.8, 4) is 11.5 Å². The number of ether oxygens (including phenoxy) is 2. The number of aryl methyl sites for hydroxylation is 2. The fourth-order valence-corrected chi connectivity index (χ4v) is 3.17. The van der Waals surface area contributed by atoms with E-state index in [-0.39, 0.29) is 30.3 Å². The number of alkyl halides is 2. The van der Waals surface area contributed by atoms with E-state index in [9.17, 15) is 13.6 Å². The van der Waals surface area contributed by atoms with Gasteiger partial charge in [-0.15, -0.1) is 0 Å². The Morgan fingerprint density at radius 2 is 1.92 bits per heavy atom. The molecule has 0 unspecified atom stereocenters. The molecular weight excluding hydrogens is 453 g/mol. The average molecular weight is 474 g/mol. The molecule has 0 radical (unpaired) electrons. The smallest absolute Gasteiger partial charge is 0.310 e. The van der Waals surface area contributed by atoms with Crippen LogP contribution < -0.4 is 9.47 Å². The minimum atomic E-state index is -2.62. The van der Waals surface area contributed by atoms with E-state index in [0.717, 1.165) is 14.7 Å². The normalized spacial score (nSPS) is 10.9. The molecule has 0 heterocycles. The Kier molecular flexibility index (Phi) is 7.37. The second kappa shape index (κ2) is 9.30. The maximum absolute atomic E-state index is 13.4. The fraction of sp³-hybridized carbons (Fsp3) is 0.350. The van der Waals surface area contributed by atoms with Gasteiger partial charge in [-0.25, -0.2) is 8.78 Å². The molecular formula is C20H21F2IO3. The second-order valence-corrected chi connectivity index (χ2v) is 6.97. The van der Waals surface area contributed by atoms with Gasteiger partial charge in [0.25, 0.3) is 6.43 Å². The van der Waals surface area contributed by atoms with Crippen molar-refractivity contribution in [3.05, 3.63) is 56.2 Å². The second-order valence-electron chi connectivity index (χ2n) is 5.80. The lowest BCUT2D eigenvalue weighted by atomic mass is 10.0. The predicted octanol–water partition coefficient (Wildman–Crippen LogP) is 5.99. The molecule has 0 saturated heterocycles. The Balaban J connectivity index is 2.32. The van der Waals surface area contributed by atoms with Crippen LogP contribution in [-0.4, -0.2) is 5.97 Å². The van der Waals surface area contributed by atoms with Crippen molar-refractivity contribution in [1.29, 1.82) is 0 Å². The van der Waals surface area contributed by atoms with Crippen LogP contribution in [-0.2, 0) is 17.8 Å². The van der Waals surface area contributed by atoms with Gasteiger partial charge in [-0.05, 0) is 71.3 Å². The van der Waals surface area contributed by atoms with Crippen LogP contribution in [0.25, 0.3) is 0 Å². The van der Waals surface area contributed by atoms with E-state index in [4.69, 9.17) is 9.47 Å². The summed E-state index contributed by atoms with van der Waals surface area (Å²) in [7, 11) is 0. The van der Waals surface area contributed by atoms with Gasteiger partial charge in [-0.2, -0.15) is 0 Å². The number of hydrogen-bond acceptors (Lipinski definition) is 3. The first-order valence-electron chi connectivity index (χ1n) is 8.39. The van der Waals surface area contributed by atoms with E-state index in [2.05, 4.69) is 22.6 Å². The van der Waals surface area contributed by atoms with Gasteiger partial charge in [0.1, 0.15) is 18.1 Å². The SMILES string of the molecule is CCC(=O)Oc1cccc(I)c1COc1cc(C)c(CC)cc1C(F)F. The predicted molar refractivity (Wildman–Crippen MR) is 105 cm³/mol. The van der Waals surface area contributed by atoms with Crippen molar-refractivity contribution in [1.82, 2.24) is 0 Å². The third-order valence-electron chi connectivity index (χ3n) is 4.04. The first-order valence-corrected chi connectivity index (χ1v) is 9.47. The molecule has 3 nitrogen and oxygen atoms in total. The highest BCUT2D eigenvalue weighted by Gasteiger charge is 2.18. The van der Waals surface area contributed by atoms with Crippen molar-refractivity contribution in [2.75, 3.05) is 0 Å². The molecule has 0 aliphatic rings. The van der Waals surface area contributed by atoms with Gasteiger partial charge in [0.05, 0.1) is 5.56 Å². The highest BCUT2D eigenvalue weighted by Crippen LogP contribution is 2.34. The Hall–Kier alpha value is -1.70. The van der Waals surface area contributed by atoms with E-state index in [1.807, 2.05) is 19.9 Å². The van der Waals surface area contributed by atoms with E-state index in [0.29, 0.717) is 17.7 Å². The van der Waals surface area contributed by atoms with Crippen molar-refractivity contribution < 1.29 is 23.0 Å². The summed E-state index contributed by atoms with van der Waals surface area (Å²) in [6, 6.07) is 8.45. The van der Waals surface area contributed by atoms with Crippen LogP contribution in [0.5, 0.6) is 11.5 Å². The molecule has 0 spiro atoms. The van der Waals surface area contributed by atoms with Crippen LogP contribution in [0, 0.1) is 10.5 Å². The molecule has 0 saturated carbocycles. The minimum absolute atomic E-state index is 0.0378. The van der Waals surface area contributed by atoms with Crippen molar-refractivity contribution >= 4 is 28.6 Å². The number of rotatable bonds is 7. The molecule has 26 heavy (non-hydrogen) atoms. The number of carbonyl (C=O) groups is 1. The van der Waals surface area contributed by atoms with Crippen LogP contribution in [0.4, 0.5) is 8.78 Å². The van der Waals surface area contributed by atoms with E-state index < -0.39 is 6.43 Å². The van der Waals surface area contributed by atoms with Crippen LogP contribution in [0.3, 0.4) is 0 Å². The molecule has 0 bridgehead atoms. The summed E-state index contributed by atoms with van der Waals surface area (Å²) >= 11 is 2.11. The number of carbonyl (C=O) groups excluding carboxylic acids is 1. The lowest BCUT2D eigenvalue weighted by molar-refractivity contribution is -0.134. The number of esters is 1. The molecule has 0 atom stereocenters. The zero-order valence-electron chi connectivity index (χ0n) is 14.9. The Morgan fingerprint density at radius 1 is 1.19 bits per heavy atom. The van der Waals surface area contributed by atoms with Gasteiger partial charge < -0.3 is 9.47 Å². The van der Waals surface area contributed by atoms with Gasteiger partial charge in [0.15, 0.2) is 0 Å². The van der Waals surface area contributed by atoms with Crippen LogP contribution >= 0.6 is 22.6 Å². The third-order valence-corrected chi connectivity index (χ3v) is 5.06. The minimum Gasteiger partial charge on any atom is -0.488 e. The topological polar surface area (TPSA) is 35.5 Å². The Labute approximate surface area is 165 Å². The zero-order valence-corrected chi connectivity index (χ0v) is 17.1. The largest absolute Gasteiger partial charge is 0.488 e. The summed E-state index contributed by atoms with van der Waals surface area (Å²) in [5, 5.41) is 0. The maximum Gasteiger partial charge on any atom is 0.310 e. The number of benzene rings is 2. The van der Waals surface area contributed by atoms with E-state index in [1.54, 1.807) is 25.1 Å². The molecule has 2 aromatic carbocycles. The van der Waals surface area contributed by atoms with Crippen LogP contribution in [0.15, 0.2) is 30.3 Å². The molecule has 0 amide bonds. The van der Waals surface area contributed by atoms with Crippen molar-refractivity contribution in [2.45, 2.75) is 46.6 Å². The molecule has 140 valence electrons. The summed E-state index contributed by atoms with van der Waals surface area (Å²) in [4.78, 5) is 11.6. The van der Waals surface area contributed by atoms with Crippen LogP contribution in [0.1, 0.15) is 48.9 Å². The van der Waals surface area contributed by atoms with Crippen molar-refractivity contribution in [3.63, 3.8) is 0 Å². The van der Waals surface area contributed by atoms with Gasteiger partial charge in [-0.3, -0.25) is 4.79 Å². The molecule has 0 aliphatic heterocycles. The Morgan fingerprint density at radius 3 is 2.54 bits per heavy atom. The zero-order chi connectivity index (χ0) is 19.3. The third kappa shape index (κ3) is 4.93. The molecule has 0 aromatic heterocycles. The summed E-state index contributed by atoms with van der Waals surface area (Å²) in [6.07, 6.45) is -1.69. The Bertz CT molecular complexity index is 791. The highest BCUT2D eigenvalue weighted by molar-refractivity contribution is 14.1. The maximum atomic E-state index is 13.4. The molecule has 0 aliphatic carbocycles. The molecule has 6 heteroatoms. The quantitative estimate of drug-likeness (QED) is 0.281. The first-order chi connectivity index (χ1) is 12.4. The summed E-state index contributed by atoms with van der Waals surface area (Å²) in [5.74, 6) is 0.191. The van der Waals surface area contributed by atoms with Gasteiger partial charge >= 0.3 is 5.97 Å². The summed E-state index contributed by atoms with van der Waals surface area (Å²) < 4.78 is 38.7. The lowest BCUT2D eigenvalue weighted by Crippen LogP contribution is -2.10. The monoisotopic (exact) mass is 474 g/mol. The number of hydrogen-bond donors (Lipinski definition) is 0. The fourth-order valence-electron chi connectivity index (χ4n) is 2.54. The van der Waals surface area contributed by atoms with Crippen LogP contribution in [0.2, 0.25) is 0 Å². The highest BCUT2D eigenvalue weighted by atomic mass is 127. The van der Waals surface area contributed by atoms with E-state index in [1.165, 1.54) is 6.07 Å². The average Bonchev–Trinajstić information content (AvgIpc) is 2.60. The molecule has 0 N–H and O–H groups in total. The standard InChI is InChI=1S/C20H21F2IO3/c1-4-13-10-14(20(21)22)18(9-12(13)3)25-11-15-16(23)7-6-8-17(15)26-19(24)5-2/h6-10,20H,4-5,11H2,1-3H3. The lowest BCUT2D eigenvalue weighted by Gasteiger charge is -2.17. The molecule has 0 fully saturated rings. The molecule has 2 rings (SSSR count). The summed E-state index contributed by atoms with van der Waals surface area (Å²) in [5.41, 5.74) is 2.32. The van der Waals surface area contributed by atoms with Gasteiger partial charge in [0, 0.05) is 15.6 Å². The van der Waals surface area contributed by atoms with Gasteiger partial charge in [-0.1, -0.05) is 19.9 Å². The van der Waals surface area contributed by atoms with E-state index >= 15 is 0 Å².